The number of carbonyl (C=O) groups is 1. The maximum absolute atomic E-state index is 12.2. The highest BCUT2D eigenvalue weighted by atomic mass is 35.5. The van der Waals surface area contributed by atoms with Gasteiger partial charge in [0.15, 0.2) is 5.13 Å². The van der Waals surface area contributed by atoms with E-state index in [-0.39, 0.29) is 5.91 Å². The van der Waals surface area contributed by atoms with Crippen molar-refractivity contribution in [2.75, 3.05) is 5.32 Å². The number of anilines is 1. The molecule has 0 unspecified atom stereocenters. The van der Waals surface area contributed by atoms with Crippen LogP contribution in [0.25, 0.3) is 10.2 Å². The molecule has 0 radical (unpaired) electrons. The smallest absolute Gasteiger partial charge is 0.257 e. The van der Waals surface area contributed by atoms with Crippen LogP contribution >= 0.6 is 46.1 Å². The Morgan fingerprint density at radius 3 is 2.48 bits per heavy atom. The first-order chi connectivity index (χ1) is 10.0. The number of halogens is 3. The molecule has 0 aliphatic rings. The first kappa shape index (κ1) is 14.6. The number of thiazole rings is 1. The molecular formula is C14H7Cl3N2OS. The molecule has 3 nitrogen and oxygen atoms in total. The fourth-order valence-electron chi connectivity index (χ4n) is 1.82. The van der Waals surface area contributed by atoms with Gasteiger partial charge in [0.2, 0.25) is 0 Å². The maximum atomic E-state index is 12.2. The third kappa shape index (κ3) is 3.14. The summed E-state index contributed by atoms with van der Waals surface area (Å²) in [6.07, 6.45) is 0. The van der Waals surface area contributed by atoms with E-state index in [9.17, 15) is 4.79 Å². The largest absolute Gasteiger partial charge is 0.298 e. The van der Waals surface area contributed by atoms with Gasteiger partial charge in [-0.05, 0) is 30.3 Å². The van der Waals surface area contributed by atoms with Crippen LogP contribution in [0.1, 0.15) is 10.4 Å². The molecule has 0 spiro atoms. The molecule has 1 heterocycles. The van der Waals surface area contributed by atoms with Gasteiger partial charge in [0.05, 0.1) is 9.72 Å². The number of nitrogens with zero attached hydrogens (tertiary/aromatic N) is 1. The Balaban J connectivity index is 1.91. The van der Waals surface area contributed by atoms with E-state index >= 15 is 0 Å². The first-order valence-electron chi connectivity index (χ1n) is 5.85. The Labute approximate surface area is 139 Å². The van der Waals surface area contributed by atoms with E-state index in [1.54, 1.807) is 24.3 Å². The normalized spacial score (nSPS) is 10.8. The monoisotopic (exact) mass is 356 g/mol. The fraction of sp³-hybridized carbons (Fsp3) is 0. The van der Waals surface area contributed by atoms with Crippen molar-refractivity contribution in [1.29, 1.82) is 0 Å². The number of amides is 1. The van der Waals surface area contributed by atoms with Gasteiger partial charge in [-0.1, -0.05) is 52.2 Å². The number of rotatable bonds is 2. The maximum Gasteiger partial charge on any atom is 0.257 e. The van der Waals surface area contributed by atoms with Gasteiger partial charge in [-0.15, -0.1) is 0 Å². The highest BCUT2D eigenvalue weighted by molar-refractivity contribution is 7.22. The average molecular weight is 358 g/mol. The third-order valence-electron chi connectivity index (χ3n) is 2.71. The number of aromatic nitrogens is 1. The van der Waals surface area contributed by atoms with E-state index in [2.05, 4.69) is 10.3 Å². The fourth-order valence-corrected chi connectivity index (χ4v) is 3.51. The van der Waals surface area contributed by atoms with Crippen molar-refractivity contribution in [3.05, 3.63) is 57.0 Å². The van der Waals surface area contributed by atoms with Gasteiger partial charge in [0.25, 0.3) is 5.91 Å². The number of benzene rings is 2. The molecule has 0 saturated carbocycles. The molecule has 0 aliphatic heterocycles. The Morgan fingerprint density at radius 1 is 1.10 bits per heavy atom. The lowest BCUT2D eigenvalue weighted by molar-refractivity contribution is 0.102. The summed E-state index contributed by atoms with van der Waals surface area (Å²) < 4.78 is 0.905. The summed E-state index contributed by atoms with van der Waals surface area (Å²) in [6.45, 7) is 0. The summed E-state index contributed by atoms with van der Waals surface area (Å²) in [7, 11) is 0. The van der Waals surface area contributed by atoms with E-state index < -0.39 is 0 Å². The Kier molecular flexibility index (Phi) is 4.04. The summed E-state index contributed by atoms with van der Waals surface area (Å²) in [6, 6.07) is 10.1. The molecule has 21 heavy (non-hydrogen) atoms. The summed E-state index contributed by atoms with van der Waals surface area (Å²) in [5, 5.41) is 4.55. The molecule has 3 aromatic rings. The molecule has 0 saturated heterocycles. The van der Waals surface area contributed by atoms with Crippen LogP contribution in [-0.4, -0.2) is 10.9 Å². The van der Waals surface area contributed by atoms with E-state index in [1.165, 1.54) is 11.3 Å². The number of hydrogen-bond donors (Lipinski definition) is 1. The van der Waals surface area contributed by atoms with Crippen molar-refractivity contribution in [2.45, 2.75) is 0 Å². The number of para-hydroxylation sites is 1. The Bertz CT molecular complexity index is 827. The summed E-state index contributed by atoms with van der Waals surface area (Å²) >= 11 is 19.2. The lowest BCUT2D eigenvalue weighted by atomic mass is 10.2. The van der Waals surface area contributed by atoms with Crippen LogP contribution in [0.5, 0.6) is 0 Å². The highest BCUT2D eigenvalue weighted by Crippen LogP contribution is 2.31. The van der Waals surface area contributed by atoms with Crippen molar-refractivity contribution >= 4 is 67.4 Å². The lowest BCUT2D eigenvalue weighted by Crippen LogP contribution is -2.11. The molecule has 0 fully saturated rings. The number of nitrogens with one attached hydrogen (secondary N) is 1. The van der Waals surface area contributed by atoms with Crippen molar-refractivity contribution in [3.63, 3.8) is 0 Å². The second-order valence-corrected chi connectivity index (χ2v) is 6.53. The van der Waals surface area contributed by atoms with Crippen LogP contribution in [0, 0.1) is 0 Å². The van der Waals surface area contributed by atoms with Crippen molar-refractivity contribution in [2.24, 2.45) is 0 Å². The third-order valence-corrected chi connectivity index (χ3v) is 4.39. The summed E-state index contributed by atoms with van der Waals surface area (Å²) in [4.78, 5) is 16.5. The number of carbonyl (C=O) groups excluding carboxylic acids is 1. The van der Waals surface area contributed by atoms with Crippen LogP contribution < -0.4 is 5.32 Å². The minimum absolute atomic E-state index is 0.324. The zero-order valence-electron chi connectivity index (χ0n) is 10.4. The van der Waals surface area contributed by atoms with Gasteiger partial charge in [-0.25, -0.2) is 4.98 Å². The standard InChI is InChI=1S/C14H7Cl3N2OS/c15-8-4-7(5-9(16)6-8)13(20)19-14-18-12-10(17)2-1-3-11(12)21-14/h1-6H,(H,18,19,20). The molecule has 2 aromatic carbocycles. The quantitative estimate of drug-likeness (QED) is 0.657. The minimum Gasteiger partial charge on any atom is -0.298 e. The van der Waals surface area contributed by atoms with Crippen LogP contribution in [-0.2, 0) is 0 Å². The van der Waals surface area contributed by atoms with Crippen LogP contribution in [0.15, 0.2) is 36.4 Å². The minimum atomic E-state index is -0.324. The Morgan fingerprint density at radius 2 is 1.81 bits per heavy atom. The zero-order chi connectivity index (χ0) is 15.0. The van der Waals surface area contributed by atoms with Gasteiger partial charge in [0.1, 0.15) is 5.52 Å². The molecule has 3 rings (SSSR count). The van der Waals surface area contributed by atoms with Gasteiger partial charge < -0.3 is 0 Å². The number of fused-ring (bicyclic) bond motifs is 1. The van der Waals surface area contributed by atoms with E-state index in [0.717, 1.165) is 4.70 Å². The van der Waals surface area contributed by atoms with Crippen molar-refractivity contribution in [3.8, 4) is 0 Å². The van der Waals surface area contributed by atoms with E-state index in [1.807, 2.05) is 12.1 Å². The zero-order valence-corrected chi connectivity index (χ0v) is 13.4. The molecule has 0 bridgehead atoms. The molecule has 0 aliphatic carbocycles. The average Bonchev–Trinajstić information content (AvgIpc) is 2.81. The number of hydrogen-bond acceptors (Lipinski definition) is 3. The van der Waals surface area contributed by atoms with Gasteiger partial charge >= 0.3 is 0 Å². The Hall–Kier alpha value is -1.33. The predicted molar refractivity (Wildman–Crippen MR) is 89.0 cm³/mol. The molecule has 0 atom stereocenters. The van der Waals surface area contributed by atoms with Gasteiger partial charge in [-0.3, -0.25) is 10.1 Å². The molecule has 1 amide bonds. The van der Waals surface area contributed by atoms with Gasteiger partial charge in [-0.2, -0.15) is 0 Å². The molecular weight excluding hydrogens is 351 g/mol. The molecule has 7 heteroatoms. The van der Waals surface area contributed by atoms with E-state index in [4.69, 9.17) is 34.8 Å². The molecule has 1 aromatic heterocycles. The van der Waals surface area contributed by atoms with Crippen molar-refractivity contribution in [1.82, 2.24) is 4.98 Å². The second kappa shape index (κ2) is 5.81. The van der Waals surface area contributed by atoms with Crippen LogP contribution in [0.3, 0.4) is 0 Å². The SMILES string of the molecule is O=C(Nc1nc2c(Cl)cccc2s1)c1cc(Cl)cc(Cl)c1. The van der Waals surface area contributed by atoms with Gasteiger partial charge in [0, 0.05) is 15.6 Å². The first-order valence-corrected chi connectivity index (χ1v) is 7.80. The van der Waals surface area contributed by atoms with Crippen molar-refractivity contribution < 1.29 is 4.79 Å². The molecule has 1 N–H and O–H groups in total. The summed E-state index contributed by atoms with van der Waals surface area (Å²) in [5.41, 5.74) is 1.04. The second-order valence-electron chi connectivity index (χ2n) is 4.22. The predicted octanol–water partition coefficient (Wildman–Crippen LogP) is 5.51. The molecule has 106 valence electrons. The van der Waals surface area contributed by atoms with E-state index in [0.29, 0.717) is 31.3 Å². The van der Waals surface area contributed by atoms with Crippen LogP contribution in [0.4, 0.5) is 5.13 Å². The summed E-state index contributed by atoms with van der Waals surface area (Å²) in [5.74, 6) is -0.324. The highest BCUT2D eigenvalue weighted by Gasteiger charge is 2.12. The lowest BCUT2D eigenvalue weighted by Gasteiger charge is -2.02. The topological polar surface area (TPSA) is 42.0 Å². The van der Waals surface area contributed by atoms with Crippen LogP contribution in [0.2, 0.25) is 15.1 Å².